The Labute approximate surface area is 332 Å². The van der Waals surface area contributed by atoms with E-state index in [0.717, 1.165) is 87.2 Å². The van der Waals surface area contributed by atoms with Crippen LogP contribution in [0.25, 0.3) is 44.3 Å². The lowest BCUT2D eigenvalue weighted by molar-refractivity contribution is -0.137. The Morgan fingerprint density at radius 3 is 1.68 bits per heavy atom. The van der Waals surface area contributed by atoms with Gasteiger partial charge in [-0.05, 0) is 97.8 Å². The van der Waals surface area contributed by atoms with Gasteiger partial charge in [0, 0.05) is 13.1 Å². The van der Waals surface area contributed by atoms with E-state index in [1.807, 2.05) is 85.1 Å². The van der Waals surface area contributed by atoms with Crippen molar-refractivity contribution in [3.63, 3.8) is 0 Å². The second kappa shape index (κ2) is 15.9. The maximum Gasteiger partial charge on any atom is 0.407 e. The van der Waals surface area contributed by atoms with Gasteiger partial charge >= 0.3 is 6.09 Å². The third-order valence-electron chi connectivity index (χ3n) is 11.5. The molecule has 2 aromatic heterocycles. The first-order valence-electron chi connectivity index (χ1n) is 19.9. The van der Waals surface area contributed by atoms with Crippen molar-refractivity contribution in [1.82, 2.24) is 40.0 Å². The van der Waals surface area contributed by atoms with Crippen LogP contribution in [0.4, 0.5) is 4.79 Å². The summed E-state index contributed by atoms with van der Waals surface area (Å²) in [6, 6.07) is 29.6. The monoisotopic (exact) mass is 766 g/mol. The van der Waals surface area contributed by atoms with Crippen LogP contribution in [0, 0.1) is 5.92 Å². The molecule has 12 heteroatoms. The van der Waals surface area contributed by atoms with Gasteiger partial charge in [0.15, 0.2) is 0 Å². The van der Waals surface area contributed by atoms with Gasteiger partial charge < -0.3 is 29.8 Å². The van der Waals surface area contributed by atoms with Crippen LogP contribution in [0.1, 0.15) is 74.9 Å². The van der Waals surface area contributed by atoms with Crippen molar-refractivity contribution in [2.75, 3.05) is 34.3 Å². The van der Waals surface area contributed by atoms with Crippen LogP contribution >= 0.6 is 0 Å². The highest BCUT2D eigenvalue weighted by Crippen LogP contribution is 2.37. The molecule has 0 spiro atoms. The van der Waals surface area contributed by atoms with Gasteiger partial charge in [0.25, 0.3) is 0 Å². The first kappa shape index (κ1) is 37.9. The number of benzene rings is 4. The van der Waals surface area contributed by atoms with Gasteiger partial charge in [0.1, 0.15) is 23.7 Å². The molecule has 0 aliphatic carbocycles. The van der Waals surface area contributed by atoms with Crippen LogP contribution in [0.5, 0.6) is 0 Å². The molecule has 4 atom stereocenters. The zero-order chi connectivity index (χ0) is 39.8. The molecule has 3 N–H and O–H groups in total. The van der Waals surface area contributed by atoms with Crippen LogP contribution in [-0.2, 0) is 14.3 Å². The second-order valence-corrected chi connectivity index (χ2v) is 15.8. The number of aromatic nitrogens is 4. The molecular formula is C45H50N8O4. The zero-order valence-corrected chi connectivity index (χ0v) is 33.2. The van der Waals surface area contributed by atoms with E-state index in [0.29, 0.717) is 13.1 Å². The van der Waals surface area contributed by atoms with Gasteiger partial charge in [0.2, 0.25) is 11.8 Å². The molecule has 2 fully saturated rings. The summed E-state index contributed by atoms with van der Waals surface area (Å²) in [5.41, 5.74) is 8.85. The average Bonchev–Trinajstić information content (AvgIpc) is 4.05. The molecule has 2 aliphatic rings. The van der Waals surface area contributed by atoms with Crippen molar-refractivity contribution in [2.24, 2.45) is 5.92 Å². The zero-order valence-electron chi connectivity index (χ0n) is 33.2. The van der Waals surface area contributed by atoms with E-state index < -0.39 is 12.1 Å². The van der Waals surface area contributed by atoms with Gasteiger partial charge in [0.05, 0.1) is 41.3 Å². The number of nitrogens with one attached hydrogen (secondary N) is 3. The molecule has 0 bridgehead atoms. The highest BCUT2D eigenvalue weighted by molar-refractivity contribution is 5.88. The summed E-state index contributed by atoms with van der Waals surface area (Å²) in [6.45, 7) is 5.14. The first-order chi connectivity index (χ1) is 27.6. The number of fused-ring (bicyclic) bond motifs is 2. The van der Waals surface area contributed by atoms with Crippen LogP contribution in [0.2, 0.25) is 0 Å². The van der Waals surface area contributed by atoms with Crippen LogP contribution in [0.15, 0.2) is 91.0 Å². The SMILES string of the molecule is COC(=O)N[C@H](C(=O)N1CCC[C@H]1c1nc2ccc(-c3ccc(-c4ccc5nc([C@@H]6CCCN6C(=O)[C@@H](c6ccccc6)N(C)C)[nH]c5c4)cc3)cc2[nH]1)C(C)C. The van der Waals surface area contributed by atoms with Crippen LogP contribution < -0.4 is 5.32 Å². The number of H-pyrrole nitrogens is 2. The van der Waals surface area contributed by atoms with E-state index in [-0.39, 0.29) is 35.9 Å². The number of likely N-dealkylation sites (N-methyl/N-ethyl adjacent to an activating group) is 1. The van der Waals surface area contributed by atoms with Gasteiger partial charge in [-0.3, -0.25) is 14.5 Å². The normalized spacial score (nSPS) is 18.2. The number of imidazole rings is 2. The number of rotatable bonds is 10. The number of likely N-dealkylation sites (tertiary alicyclic amines) is 2. The van der Waals surface area contributed by atoms with Crippen molar-refractivity contribution >= 4 is 40.0 Å². The van der Waals surface area contributed by atoms with Crippen molar-refractivity contribution in [1.29, 1.82) is 0 Å². The fraction of sp³-hybridized carbons (Fsp3) is 0.356. The van der Waals surface area contributed by atoms with Crippen molar-refractivity contribution < 1.29 is 19.1 Å². The molecule has 0 unspecified atom stereocenters. The third-order valence-corrected chi connectivity index (χ3v) is 11.5. The lowest BCUT2D eigenvalue weighted by Crippen LogP contribution is -2.51. The molecule has 294 valence electrons. The van der Waals surface area contributed by atoms with E-state index in [1.54, 1.807) is 0 Å². The molecule has 8 rings (SSSR count). The summed E-state index contributed by atoms with van der Waals surface area (Å²) in [5.74, 6) is 1.45. The molecule has 3 amide bonds. The molecule has 4 heterocycles. The maximum atomic E-state index is 14.0. The van der Waals surface area contributed by atoms with E-state index in [9.17, 15) is 14.4 Å². The Bertz CT molecular complexity index is 2400. The lowest BCUT2D eigenvalue weighted by Gasteiger charge is -2.31. The Morgan fingerprint density at radius 2 is 1.21 bits per heavy atom. The van der Waals surface area contributed by atoms with E-state index >= 15 is 0 Å². The predicted molar refractivity (Wildman–Crippen MR) is 221 cm³/mol. The quantitative estimate of drug-likeness (QED) is 0.129. The van der Waals surface area contributed by atoms with Gasteiger partial charge in [-0.15, -0.1) is 0 Å². The molecule has 6 aromatic rings. The van der Waals surface area contributed by atoms with Crippen molar-refractivity contribution in [3.05, 3.63) is 108 Å². The largest absolute Gasteiger partial charge is 0.453 e. The van der Waals surface area contributed by atoms with Gasteiger partial charge in [-0.1, -0.05) is 80.6 Å². The highest BCUT2D eigenvalue weighted by Gasteiger charge is 2.39. The number of methoxy groups -OCH3 is 1. The summed E-state index contributed by atoms with van der Waals surface area (Å²) < 4.78 is 4.78. The minimum absolute atomic E-state index is 0.0978. The van der Waals surface area contributed by atoms with E-state index in [1.165, 1.54) is 7.11 Å². The van der Waals surface area contributed by atoms with Crippen molar-refractivity contribution in [3.8, 4) is 22.3 Å². The molecule has 2 aliphatic heterocycles. The number of carbonyl (C=O) groups excluding carboxylic acids is 3. The molecule has 2 saturated heterocycles. The minimum Gasteiger partial charge on any atom is -0.453 e. The smallest absolute Gasteiger partial charge is 0.407 e. The molecule has 4 aromatic carbocycles. The summed E-state index contributed by atoms with van der Waals surface area (Å²) >= 11 is 0. The Morgan fingerprint density at radius 1 is 0.719 bits per heavy atom. The molecule has 0 radical (unpaired) electrons. The fourth-order valence-electron chi connectivity index (χ4n) is 8.55. The minimum atomic E-state index is -0.683. The fourth-order valence-corrected chi connectivity index (χ4v) is 8.55. The summed E-state index contributed by atoms with van der Waals surface area (Å²) in [5, 5.41) is 2.72. The molecule has 0 saturated carbocycles. The number of hydrogen-bond acceptors (Lipinski definition) is 7. The number of aromatic amines is 2. The summed E-state index contributed by atoms with van der Waals surface area (Å²) in [6.07, 6.45) is 2.84. The number of alkyl carbamates (subject to hydrolysis) is 1. The molecular weight excluding hydrogens is 717 g/mol. The third kappa shape index (κ3) is 7.49. The first-order valence-corrected chi connectivity index (χ1v) is 19.9. The van der Waals surface area contributed by atoms with E-state index in [4.69, 9.17) is 14.7 Å². The van der Waals surface area contributed by atoms with Gasteiger partial charge in [-0.25, -0.2) is 14.8 Å². The van der Waals surface area contributed by atoms with Gasteiger partial charge in [-0.2, -0.15) is 0 Å². The van der Waals surface area contributed by atoms with Crippen molar-refractivity contribution in [2.45, 2.75) is 63.7 Å². The number of carbonyl (C=O) groups is 3. The highest BCUT2D eigenvalue weighted by atomic mass is 16.5. The molecule has 12 nitrogen and oxygen atoms in total. The van der Waals surface area contributed by atoms with Crippen LogP contribution in [0.3, 0.4) is 0 Å². The Hall–Kier alpha value is -6.01. The Kier molecular flexibility index (Phi) is 10.5. The topological polar surface area (TPSA) is 140 Å². The molecule has 57 heavy (non-hydrogen) atoms. The summed E-state index contributed by atoms with van der Waals surface area (Å²) in [7, 11) is 5.21. The number of amides is 3. The number of hydrogen-bond donors (Lipinski definition) is 3. The Balaban J connectivity index is 0.982. The number of nitrogens with zero attached hydrogens (tertiary/aromatic N) is 5. The second-order valence-electron chi connectivity index (χ2n) is 15.8. The van der Waals surface area contributed by atoms with E-state index in [2.05, 4.69) is 63.8 Å². The standard InChI is InChI=1S/C45H50N8O4/c1-27(2)39(50-45(56)57-5)43(54)52-23-9-13-37(52)41-46-33-21-19-31(25-35(33)48-41)28-15-17-29(18-16-28)32-20-22-34-36(26-32)49-42(47-34)38-14-10-24-53(38)44(55)40(51(3)4)30-11-7-6-8-12-30/h6-8,11-12,15-22,25-27,37-40H,9-10,13-14,23-24H2,1-5H3,(H,46,48)(H,47,49)(H,50,56)/t37-,38-,39-,40+/m0/s1. The van der Waals surface area contributed by atoms with Crippen LogP contribution in [-0.4, -0.2) is 92.9 Å². The lowest BCUT2D eigenvalue weighted by atomic mass is 10.00. The number of ether oxygens (including phenoxy) is 1. The maximum absolute atomic E-state index is 14.0. The average molecular weight is 767 g/mol. The predicted octanol–water partition coefficient (Wildman–Crippen LogP) is 7.78. The summed E-state index contributed by atoms with van der Waals surface area (Å²) in [4.78, 5) is 62.4.